The number of hydrogen-bond acceptors (Lipinski definition) is 6. The number of urea groups is 2. The Morgan fingerprint density at radius 3 is 2.46 bits per heavy atom. The van der Waals surface area contributed by atoms with Crippen LogP contribution in [-0.2, 0) is 0 Å². The number of likely N-dealkylation sites (N-methyl/N-ethyl adjacent to an activating group) is 1. The first-order valence-corrected chi connectivity index (χ1v) is 13.0. The molecule has 4 N–H and O–H groups in total. The summed E-state index contributed by atoms with van der Waals surface area (Å²) < 4.78 is 11.6. The number of benzene rings is 2. The van der Waals surface area contributed by atoms with Crippen LogP contribution < -0.4 is 25.4 Å². The fourth-order valence-corrected chi connectivity index (χ4v) is 4.23. The number of rotatable bonds is 8. The fraction of sp³-hybridized carbons (Fsp3) is 0.464. The lowest BCUT2D eigenvalue weighted by molar-refractivity contribution is 0.0368. The van der Waals surface area contributed by atoms with Crippen LogP contribution in [-0.4, -0.2) is 84.9 Å². The van der Waals surface area contributed by atoms with E-state index in [4.69, 9.17) is 9.47 Å². The van der Waals surface area contributed by atoms with Crippen molar-refractivity contribution >= 4 is 29.3 Å². The highest BCUT2D eigenvalue weighted by Crippen LogP contribution is 2.35. The highest BCUT2D eigenvalue weighted by atomic mass is 16.5. The molecule has 0 aromatic heterocycles. The number of carbonyl (C=O) groups is 3. The molecular formula is C28H39N5O6. The van der Waals surface area contributed by atoms with Gasteiger partial charge in [-0.2, -0.15) is 0 Å². The maximum atomic E-state index is 13.6. The van der Waals surface area contributed by atoms with Gasteiger partial charge in [0.1, 0.15) is 11.9 Å². The summed E-state index contributed by atoms with van der Waals surface area (Å²) in [6.45, 7) is 7.81. The summed E-state index contributed by atoms with van der Waals surface area (Å²) in [6.07, 6.45) is -0.513. The number of anilines is 2. The molecule has 5 amide bonds. The van der Waals surface area contributed by atoms with Crippen LogP contribution in [0.25, 0.3) is 0 Å². The van der Waals surface area contributed by atoms with Crippen LogP contribution in [0.5, 0.6) is 11.5 Å². The number of carbonyl (C=O) groups excluding carboxylic acids is 3. The molecule has 0 fully saturated rings. The van der Waals surface area contributed by atoms with Gasteiger partial charge in [0.15, 0.2) is 5.75 Å². The van der Waals surface area contributed by atoms with Gasteiger partial charge in [-0.25, -0.2) is 9.59 Å². The molecule has 1 aliphatic rings. The van der Waals surface area contributed by atoms with Crippen molar-refractivity contribution < 1.29 is 29.0 Å². The number of aliphatic hydroxyl groups is 1. The van der Waals surface area contributed by atoms with E-state index in [9.17, 15) is 19.5 Å². The molecule has 0 aliphatic carbocycles. The Balaban J connectivity index is 1.93. The molecule has 0 saturated heterocycles. The van der Waals surface area contributed by atoms with E-state index < -0.39 is 18.2 Å². The smallest absolute Gasteiger partial charge is 0.323 e. The summed E-state index contributed by atoms with van der Waals surface area (Å²) in [5.41, 5.74) is 1.11. The van der Waals surface area contributed by atoms with E-state index in [1.807, 2.05) is 20.8 Å². The van der Waals surface area contributed by atoms with E-state index in [2.05, 4.69) is 16.0 Å². The SMILES string of the molecule is COc1ccc(NC(=O)Nc2cccc3c2O[C@H](CN(C)C(=O)NC(C)C)[C@H](C)CN([C@H](C)CO)C3=O)cc1. The van der Waals surface area contributed by atoms with Crippen molar-refractivity contribution in [2.75, 3.05) is 44.5 Å². The number of hydrogen-bond donors (Lipinski definition) is 4. The topological polar surface area (TPSA) is 132 Å². The maximum absolute atomic E-state index is 13.6. The van der Waals surface area contributed by atoms with E-state index >= 15 is 0 Å². The molecule has 212 valence electrons. The van der Waals surface area contributed by atoms with Crippen LogP contribution in [0.2, 0.25) is 0 Å². The normalized spacial score (nSPS) is 17.7. The first-order valence-electron chi connectivity index (χ1n) is 13.0. The van der Waals surface area contributed by atoms with Gasteiger partial charge in [-0.15, -0.1) is 0 Å². The summed E-state index contributed by atoms with van der Waals surface area (Å²) in [7, 11) is 3.24. The molecule has 11 heteroatoms. The summed E-state index contributed by atoms with van der Waals surface area (Å²) in [5, 5.41) is 18.3. The lowest BCUT2D eigenvalue weighted by Crippen LogP contribution is -2.51. The molecule has 11 nitrogen and oxygen atoms in total. The molecule has 3 atom stereocenters. The van der Waals surface area contributed by atoms with Gasteiger partial charge in [-0.05, 0) is 57.2 Å². The minimum atomic E-state index is -0.523. The average molecular weight is 542 g/mol. The zero-order chi connectivity index (χ0) is 28.7. The molecule has 0 unspecified atom stereocenters. The van der Waals surface area contributed by atoms with Gasteiger partial charge in [0, 0.05) is 31.2 Å². The van der Waals surface area contributed by atoms with Crippen LogP contribution in [0.3, 0.4) is 0 Å². The highest BCUT2D eigenvalue weighted by molar-refractivity contribution is 6.04. The Morgan fingerprint density at radius 2 is 1.85 bits per heavy atom. The zero-order valence-corrected chi connectivity index (χ0v) is 23.4. The number of ether oxygens (including phenoxy) is 2. The number of amides is 5. The zero-order valence-electron chi connectivity index (χ0n) is 23.4. The lowest BCUT2D eigenvalue weighted by Gasteiger charge is -2.38. The van der Waals surface area contributed by atoms with Gasteiger partial charge in [-0.3, -0.25) is 4.79 Å². The van der Waals surface area contributed by atoms with Gasteiger partial charge in [0.05, 0.1) is 37.6 Å². The van der Waals surface area contributed by atoms with Gasteiger partial charge in [0.2, 0.25) is 0 Å². The molecule has 2 aromatic rings. The summed E-state index contributed by atoms with van der Waals surface area (Å²) in [5.74, 6) is 0.344. The standard InChI is InChI=1S/C28H39N5O6/c1-17(2)29-28(37)32(5)15-24-18(3)14-33(19(4)16-34)26(35)22-8-7-9-23(25(22)39-24)31-27(36)30-20-10-12-21(38-6)13-11-20/h7-13,17-19,24,34H,14-16H2,1-6H3,(H,29,37)(H2,30,31,36)/t18-,19-,24-/m1/s1. The van der Waals surface area contributed by atoms with Crippen molar-refractivity contribution in [2.24, 2.45) is 5.92 Å². The van der Waals surface area contributed by atoms with E-state index in [1.165, 1.54) is 4.90 Å². The van der Waals surface area contributed by atoms with Crippen LogP contribution >= 0.6 is 0 Å². The molecule has 0 radical (unpaired) electrons. The number of nitrogens with zero attached hydrogens (tertiary/aromatic N) is 2. The summed E-state index contributed by atoms with van der Waals surface area (Å²) >= 11 is 0. The lowest BCUT2D eigenvalue weighted by atomic mass is 9.99. The molecule has 2 aromatic carbocycles. The number of fused-ring (bicyclic) bond motifs is 1. The van der Waals surface area contributed by atoms with Gasteiger partial charge < -0.3 is 40.3 Å². The van der Waals surface area contributed by atoms with E-state index in [-0.39, 0.29) is 48.4 Å². The van der Waals surface area contributed by atoms with Crippen LogP contribution in [0.15, 0.2) is 42.5 Å². The summed E-state index contributed by atoms with van der Waals surface area (Å²) in [6, 6.07) is 10.6. The molecule has 0 saturated carbocycles. The van der Waals surface area contributed by atoms with Crippen LogP contribution in [0.4, 0.5) is 21.0 Å². The third-order valence-electron chi connectivity index (χ3n) is 6.50. The maximum Gasteiger partial charge on any atom is 0.323 e. The molecular weight excluding hydrogens is 502 g/mol. The number of para-hydroxylation sites is 1. The van der Waals surface area contributed by atoms with Crippen molar-refractivity contribution in [1.82, 2.24) is 15.1 Å². The molecule has 0 bridgehead atoms. The van der Waals surface area contributed by atoms with Gasteiger partial charge in [0.25, 0.3) is 5.91 Å². The Bertz CT molecular complexity index is 1160. The second kappa shape index (κ2) is 13.2. The molecule has 39 heavy (non-hydrogen) atoms. The van der Waals surface area contributed by atoms with E-state index in [0.29, 0.717) is 23.7 Å². The molecule has 1 heterocycles. The Kier molecular flexibility index (Phi) is 10.00. The van der Waals surface area contributed by atoms with Gasteiger partial charge >= 0.3 is 12.1 Å². The second-order valence-corrected chi connectivity index (χ2v) is 10.1. The number of methoxy groups -OCH3 is 1. The second-order valence-electron chi connectivity index (χ2n) is 10.1. The minimum absolute atomic E-state index is 0.0325. The van der Waals surface area contributed by atoms with Crippen molar-refractivity contribution in [3.05, 3.63) is 48.0 Å². The first kappa shape index (κ1) is 29.6. The average Bonchev–Trinajstić information content (AvgIpc) is 2.90. The summed E-state index contributed by atoms with van der Waals surface area (Å²) in [4.78, 5) is 42.3. The Morgan fingerprint density at radius 1 is 1.15 bits per heavy atom. The number of aliphatic hydroxyl groups excluding tert-OH is 1. The quantitative estimate of drug-likeness (QED) is 0.404. The van der Waals surface area contributed by atoms with Crippen LogP contribution in [0.1, 0.15) is 38.1 Å². The molecule has 0 spiro atoms. The van der Waals surface area contributed by atoms with Crippen molar-refractivity contribution in [1.29, 1.82) is 0 Å². The van der Waals surface area contributed by atoms with Crippen LogP contribution in [0, 0.1) is 5.92 Å². The first-order chi connectivity index (χ1) is 18.5. The minimum Gasteiger partial charge on any atom is -0.497 e. The van der Waals surface area contributed by atoms with Crippen molar-refractivity contribution in [3.63, 3.8) is 0 Å². The third-order valence-corrected chi connectivity index (χ3v) is 6.50. The van der Waals surface area contributed by atoms with E-state index in [0.717, 1.165) is 0 Å². The predicted molar refractivity (Wildman–Crippen MR) is 150 cm³/mol. The third kappa shape index (κ3) is 7.53. The number of nitrogens with one attached hydrogen (secondary N) is 3. The van der Waals surface area contributed by atoms with Gasteiger partial charge in [-0.1, -0.05) is 13.0 Å². The monoisotopic (exact) mass is 541 g/mol. The Hall–Kier alpha value is -3.99. The van der Waals surface area contributed by atoms with E-state index in [1.54, 1.807) is 68.4 Å². The highest BCUT2D eigenvalue weighted by Gasteiger charge is 2.35. The molecule has 3 rings (SSSR count). The predicted octanol–water partition coefficient (Wildman–Crippen LogP) is 3.61. The van der Waals surface area contributed by atoms with Crippen molar-refractivity contribution in [2.45, 2.75) is 45.9 Å². The molecule has 1 aliphatic heterocycles. The fourth-order valence-electron chi connectivity index (χ4n) is 4.23. The Labute approximate surface area is 229 Å². The van der Waals surface area contributed by atoms with Crippen molar-refractivity contribution in [3.8, 4) is 11.5 Å². The largest absolute Gasteiger partial charge is 0.497 e.